The molecule has 1 rings (SSSR count). The predicted molar refractivity (Wildman–Crippen MR) is 81.7 cm³/mol. The zero-order chi connectivity index (χ0) is 12.8. The quantitative estimate of drug-likeness (QED) is 0.565. The maximum Gasteiger partial charge on any atom is 0.00194 e. The highest BCUT2D eigenvalue weighted by Crippen LogP contribution is 2.39. The topological polar surface area (TPSA) is 0 Å². The summed E-state index contributed by atoms with van der Waals surface area (Å²) in [7, 11) is 0. The van der Waals surface area contributed by atoms with Gasteiger partial charge in [-0.2, -0.15) is 12.6 Å². The van der Waals surface area contributed by atoms with Crippen LogP contribution >= 0.6 is 12.6 Å². The van der Waals surface area contributed by atoms with Crippen LogP contribution in [0, 0.1) is 23.7 Å². The maximum atomic E-state index is 4.79. The molecule has 0 bridgehead atoms. The van der Waals surface area contributed by atoms with Crippen LogP contribution in [0.4, 0.5) is 0 Å². The van der Waals surface area contributed by atoms with Crippen LogP contribution in [0.15, 0.2) is 0 Å². The van der Waals surface area contributed by atoms with E-state index in [1.54, 1.807) is 0 Å². The third-order valence-corrected chi connectivity index (χ3v) is 5.43. The molecule has 1 fully saturated rings. The first-order valence-electron chi connectivity index (χ1n) is 7.72. The van der Waals surface area contributed by atoms with Gasteiger partial charge in [0.2, 0.25) is 0 Å². The molecule has 5 atom stereocenters. The molecule has 5 unspecified atom stereocenters. The van der Waals surface area contributed by atoms with Crippen molar-refractivity contribution in [1.29, 1.82) is 0 Å². The van der Waals surface area contributed by atoms with E-state index in [0.717, 1.165) is 23.7 Å². The zero-order valence-corrected chi connectivity index (χ0v) is 13.2. The largest absolute Gasteiger partial charge is 0.176 e. The van der Waals surface area contributed by atoms with E-state index in [1.807, 2.05) is 0 Å². The van der Waals surface area contributed by atoms with Gasteiger partial charge in [-0.3, -0.25) is 0 Å². The molecule has 1 aliphatic rings. The summed E-state index contributed by atoms with van der Waals surface area (Å²) in [5.41, 5.74) is 0. The van der Waals surface area contributed by atoms with Crippen molar-refractivity contribution in [2.75, 3.05) is 0 Å². The summed E-state index contributed by atoms with van der Waals surface area (Å²) in [6.07, 6.45) is 9.67. The Balaban J connectivity index is 2.17. The fourth-order valence-corrected chi connectivity index (χ4v) is 3.98. The molecular weight excluding hydrogens is 224 g/mol. The second-order valence-corrected chi connectivity index (χ2v) is 7.26. The summed E-state index contributed by atoms with van der Waals surface area (Å²) in [6.45, 7) is 9.54. The lowest BCUT2D eigenvalue weighted by Crippen LogP contribution is -2.12. The Bertz CT molecular complexity index is 202. The normalized spacial score (nSPS) is 32.6. The molecule has 0 radical (unpaired) electrons. The number of thiol groups is 1. The summed E-state index contributed by atoms with van der Waals surface area (Å²) in [6, 6.07) is 0. The van der Waals surface area contributed by atoms with Gasteiger partial charge >= 0.3 is 0 Å². The molecule has 0 aliphatic heterocycles. The van der Waals surface area contributed by atoms with E-state index in [-0.39, 0.29) is 0 Å². The van der Waals surface area contributed by atoms with Gasteiger partial charge in [-0.05, 0) is 49.4 Å². The van der Waals surface area contributed by atoms with E-state index in [0.29, 0.717) is 5.25 Å². The molecule has 0 heterocycles. The van der Waals surface area contributed by atoms with E-state index >= 15 is 0 Å². The second kappa shape index (κ2) is 7.71. The fourth-order valence-electron chi connectivity index (χ4n) is 3.47. The van der Waals surface area contributed by atoms with Crippen molar-refractivity contribution in [2.45, 2.75) is 77.9 Å². The molecule has 0 saturated heterocycles. The lowest BCUT2D eigenvalue weighted by Gasteiger charge is -2.21. The maximum absolute atomic E-state index is 4.79. The van der Waals surface area contributed by atoms with Crippen LogP contribution in [0.2, 0.25) is 0 Å². The smallest absolute Gasteiger partial charge is 0.00194 e. The first-order chi connectivity index (χ1) is 8.04. The first-order valence-corrected chi connectivity index (χ1v) is 8.24. The van der Waals surface area contributed by atoms with E-state index in [4.69, 9.17) is 12.6 Å². The summed E-state index contributed by atoms with van der Waals surface area (Å²) in [5.74, 6) is 3.75. The van der Waals surface area contributed by atoms with Crippen molar-refractivity contribution < 1.29 is 0 Å². The minimum absolute atomic E-state index is 0.639. The van der Waals surface area contributed by atoms with Gasteiger partial charge in [0.25, 0.3) is 0 Å². The SMILES string of the molecule is CCCC(C)CC(S)CCC1CCC(C)C1C. The Morgan fingerprint density at radius 2 is 1.88 bits per heavy atom. The summed E-state index contributed by atoms with van der Waals surface area (Å²) in [4.78, 5) is 0. The highest BCUT2D eigenvalue weighted by atomic mass is 32.1. The molecule has 1 heteroatoms. The highest BCUT2D eigenvalue weighted by Gasteiger charge is 2.29. The molecule has 0 nitrogen and oxygen atoms in total. The molecule has 0 spiro atoms. The molecular formula is C16H32S. The zero-order valence-electron chi connectivity index (χ0n) is 12.3. The van der Waals surface area contributed by atoms with Gasteiger partial charge in [0.1, 0.15) is 0 Å². The van der Waals surface area contributed by atoms with Gasteiger partial charge in [0, 0.05) is 5.25 Å². The van der Waals surface area contributed by atoms with Crippen molar-refractivity contribution in [3.05, 3.63) is 0 Å². The van der Waals surface area contributed by atoms with Crippen molar-refractivity contribution >= 4 is 12.6 Å². The Kier molecular flexibility index (Phi) is 6.99. The predicted octanol–water partition coefficient (Wildman–Crippen LogP) is 5.57. The standard InChI is InChI=1S/C16H32S/c1-5-6-12(2)11-16(17)10-9-15-8-7-13(3)14(15)4/h12-17H,5-11H2,1-4H3. The summed E-state index contributed by atoms with van der Waals surface area (Å²) >= 11 is 4.79. The minimum atomic E-state index is 0.639. The Labute approximate surface area is 114 Å². The molecule has 1 saturated carbocycles. The Hall–Kier alpha value is 0.350. The fraction of sp³-hybridized carbons (Fsp3) is 1.00. The average Bonchev–Trinajstić information content (AvgIpc) is 2.57. The van der Waals surface area contributed by atoms with Gasteiger partial charge in [-0.15, -0.1) is 0 Å². The molecule has 0 aromatic carbocycles. The van der Waals surface area contributed by atoms with Crippen molar-refractivity contribution in [1.82, 2.24) is 0 Å². The lowest BCUT2D eigenvalue weighted by molar-refractivity contribution is 0.327. The van der Waals surface area contributed by atoms with Crippen LogP contribution < -0.4 is 0 Å². The monoisotopic (exact) mass is 256 g/mol. The second-order valence-electron chi connectivity index (χ2n) is 6.53. The molecule has 102 valence electrons. The van der Waals surface area contributed by atoms with Crippen molar-refractivity contribution in [3.63, 3.8) is 0 Å². The molecule has 0 N–H and O–H groups in total. The van der Waals surface area contributed by atoms with Crippen molar-refractivity contribution in [2.24, 2.45) is 23.7 Å². The molecule has 0 aromatic heterocycles. The number of hydrogen-bond donors (Lipinski definition) is 1. The van der Waals surface area contributed by atoms with E-state index < -0.39 is 0 Å². The molecule has 0 amide bonds. The van der Waals surface area contributed by atoms with Crippen molar-refractivity contribution in [3.8, 4) is 0 Å². The Morgan fingerprint density at radius 1 is 1.18 bits per heavy atom. The summed E-state index contributed by atoms with van der Waals surface area (Å²) < 4.78 is 0. The number of hydrogen-bond acceptors (Lipinski definition) is 1. The third kappa shape index (κ3) is 5.24. The minimum Gasteiger partial charge on any atom is -0.176 e. The van der Waals surface area contributed by atoms with E-state index in [2.05, 4.69) is 27.7 Å². The van der Waals surface area contributed by atoms with Gasteiger partial charge in [-0.25, -0.2) is 0 Å². The summed E-state index contributed by atoms with van der Waals surface area (Å²) in [5, 5.41) is 0.639. The van der Waals surface area contributed by atoms with Gasteiger partial charge < -0.3 is 0 Å². The Morgan fingerprint density at radius 3 is 2.41 bits per heavy atom. The highest BCUT2D eigenvalue weighted by molar-refractivity contribution is 7.80. The lowest BCUT2D eigenvalue weighted by atomic mass is 9.87. The molecule has 1 aliphatic carbocycles. The van der Waals surface area contributed by atoms with Crippen LogP contribution in [0.25, 0.3) is 0 Å². The average molecular weight is 256 g/mol. The van der Waals surface area contributed by atoms with E-state index in [9.17, 15) is 0 Å². The van der Waals surface area contributed by atoms with Gasteiger partial charge in [-0.1, -0.05) is 47.0 Å². The van der Waals surface area contributed by atoms with Crippen LogP contribution in [0.1, 0.15) is 72.6 Å². The van der Waals surface area contributed by atoms with Crippen LogP contribution in [0.3, 0.4) is 0 Å². The molecule has 17 heavy (non-hydrogen) atoms. The van der Waals surface area contributed by atoms with Crippen LogP contribution in [-0.4, -0.2) is 5.25 Å². The number of rotatable bonds is 7. The van der Waals surface area contributed by atoms with Gasteiger partial charge in [0.05, 0.1) is 0 Å². The van der Waals surface area contributed by atoms with E-state index in [1.165, 1.54) is 44.9 Å². The van der Waals surface area contributed by atoms with Crippen LogP contribution in [-0.2, 0) is 0 Å². The van der Waals surface area contributed by atoms with Crippen LogP contribution in [0.5, 0.6) is 0 Å². The third-order valence-electron chi connectivity index (χ3n) is 4.96. The molecule has 0 aromatic rings. The first kappa shape index (κ1) is 15.4. The van der Waals surface area contributed by atoms with Gasteiger partial charge in [0.15, 0.2) is 0 Å².